The van der Waals surface area contributed by atoms with Gasteiger partial charge in [-0.05, 0) is 47.0 Å². The smallest absolute Gasteiger partial charge is 0.252 e. The van der Waals surface area contributed by atoms with Gasteiger partial charge in [-0.1, -0.05) is 0 Å². The van der Waals surface area contributed by atoms with Gasteiger partial charge in [-0.3, -0.25) is 19.4 Å². The number of pyridine rings is 1. The van der Waals surface area contributed by atoms with Crippen LogP contribution in [0.1, 0.15) is 34.1 Å². The fourth-order valence-corrected chi connectivity index (χ4v) is 4.05. The predicted octanol–water partition coefficient (Wildman–Crippen LogP) is 2.72. The van der Waals surface area contributed by atoms with Crippen molar-refractivity contribution in [3.8, 4) is 0 Å². The fourth-order valence-electron chi connectivity index (χ4n) is 3.39. The first-order valence-electron chi connectivity index (χ1n) is 8.73. The first-order chi connectivity index (χ1) is 12.8. The first-order valence-corrected chi connectivity index (χ1v) is 9.68. The molecule has 1 aliphatic rings. The van der Waals surface area contributed by atoms with Crippen LogP contribution in [0.5, 0.6) is 0 Å². The maximum Gasteiger partial charge on any atom is 0.252 e. The Balaban J connectivity index is 1.37. The molecule has 26 heavy (non-hydrogen) atoms. The zero-order valence-corrected chi connectivity index (χ0v) is 15.2. The van der Waals surface area contributed by atoms with Crippen molar-refractivity contribution in [2.45, 2.75) is 25.6 Å². The summed E-state index contributed by atoms with van der Waals surface area (Å²) in [7, 11) is 0. The first kappa shape index (κ1) is 16.9. The van der Waals surface area contributed by atoms with Crippen molar-refractivity contribution >= 4 is 17.2 Å². The Kier molecular flexibility index (Phi) is 5.08. The SMILES string of the molecule is O=C(NCCC1CN(Cc2ccsc2)Cc2ccnn21)c1cccnc1. The monoisotopic (exact) mass is 367 g/mol. The molecule has 4 heterocycles. The Morgan fingerprint density at radius 2 is 2.27 bits per heavy atom. The van der Waals surface area contributed by atoms with Crippen molar-refractivity contribution in [1.29, 1.82) is 0 Å². The van der Waals surface area contributed by atoms with Gasteiger partial charge in [-0.15, -0.1) is 0 Å². The van der Waals surface area contributed by atoms with Crippen molar-refractivity contribution < 1.29 is 4.79 Å². The summed E-state index contributed by atoms with van der Waals surface area (Å²) in [5, 5.41) is 11.8. The Morgan fingerprint density at radius 1 is 1.31 bits per heavy atom. The molecule has 1 atom stereocenters. The van der Waals surface area contributed by atoms with Crippen molar-refractivity contribution in [3.05, 3.63) is 70.4 Å². The number of hydrogen-bond donors (Lipinski definition) is 1. The lowest BCUT2D eigenvalue weighted by Crippen LogP contribution is -2.38. The predicted molar refractivity (Wildman–Crippen MR) is 101 cm³/mol. The summed E-state index contributed by atoms with van der Waals surface area (Å²) in [6, 6.07) is 8.08. The normalized spacial score (nSPS) is 17.0. The van der Waals surface area contributed by atoms with Gasteiger partial charge >= 0.3 is 0 Å². The molecule has 134 valence electrons. The molecule has 1 unspecified atom stereocenters. The molecule has 0 saturated heterocycles. The summed E-state index contributed by atoms with van der Waals surface area (Å²) in [5.74, 6) is -0.0790. The summed E-state index contributed by atoms with van der Waals surface area (Å²) in [4.78, 5) is 18.6. The zero-order valence-electron chi connectivity index (χ0n) is 14.4. The van der Waals surface area contributed by atoms with E-state index in [1.165, 1.54) is 11.3 Å². The van der Waals surface area contributed by atoms with Gasteiger partial charge in [-0.25, -0.2) is 0 Å². The molecule has 0 aromatic carbocycles. The molecule has 0 aliphatic carbocycles. The number of carbonyl (C=O) groups excluding carboxylic acids is 1. The van der Waals surface area contributed by atoms with E-state index in [4.69, 9.17) is 0 Å². The average molecular weight is 367 g/mol. The second-order valence-corrected chi connectivity index (χ2v) is 7.29. The molecular weight excluding hydrogens is 346 g/mol. The van der Waals surface area contributed by atoms with Gasteiger partial charge in [0.2, 0.25) is 0 Å². The zero-order chi connectivity index (χ0) is 17.8. The Labute approximate surface area is 156 Å². The lowest BCUT2D eigenvalue weighted by molar-refractivity contribution is 0.0946. The van der Waals surface area contributed by atoms with Crippen LogP contribution in [0.2, 0.25) is 0 Å². The van der Waals surface area contributed by atoms with Gasteiger partial charge in [0.1, 0.15) is 0 Å². The van der Waals surface area contributed by atoms with E-state index in [9.17, 15) is 4.79 Å². The van der Waals surface area contributed by atoms with Crippen molar-refractivity contribution in [1.82, 2.24) is 25.0 Å². The minimum atomic E-state index is -0.0790. The van der Waals surface area contributed by atoms with E-state index in [-0.39, 0.29) is 11.9 Å². The summed E-state index contributed by atoms with van der Waals surface area (Å²) >= 11 is 1.73. The number of fused-ring (bicyclic) bond motifs is 1. The third-order valence-corrected chi connectivity index (χ3v) is 5.36. The van der Waals surface area contributed by atoms with E-state index < -0.39 is 0 Å². The molecule has 4 rings (SSSR count). The van der Waals surface area contributed by atoms with Gasteiger partial charge in [0.25, 0.3) is 5.91 Å². The number of thiophene rings is 1. The average Bonchev–Trinajstić information content (AvgIpc) is 3.34. The van der Waals surface area contributed by atoms with Crippen LogP contribution >= 0.6 is 11.3 Å². The quantitative estimate of drug-likeness (QED) is 0.728. The molecule has 1 amide bonds. The summed E-state index contributed by atoms with van der Waals surface area (Å²) in [6.07, 6.45) is 5.97. The van der Waals surface area contributed by atoms with E-state index >= 15 is 0 Å². The van der Waals surface area contributed by atoms with Crippen molar-refractivity contribution in [2.24, 2.45) is 0 Å². The topological polar surface area (TPSA) is 63.1 Å². The minimum absolute atomic E-state index is 0.0790. The molecule has 0 saturated carbocycles. The minimum Gasteiger partial charge on any atom is -0.352 e. The number of rotatable bonds is 6. The second kappa shape index (κ2) is 7.80. The van der Waals surface area contributed by atoms with Crippen LogP contribution in [0.4, 0.5) is 0 Å². The Hall–Kier alpha value is -2.51. The molecule has 0 radical (unpaired) electrons. The van der Waals surface area contributed by atoms with Gasteiger partial charge in [0.05, 0.1) is 17.3 Å². The largest absolute Gasteiger partial charge is 0.352 e. The maximum absolute atomic E-state index is 12.2. The van der Waals surface area contributed by atoms with Crippen LogP contribution in [-0.4, -0.2) is 38.7 Å². The standard InChI is InChI=1S/C19H21N5OS/c25-19(16-2-1-6-20-10-16)21-7-3-17-12-23(11-15-5-9-26-14-15)13-18-4-8-22-24(17)18/h1-2,4-6,8-10,14,17H,3,7,11-13H2,(H,21,25). The van der Waals surface area contributed by atoms with Crippen LogP contribution in [0.25, 0.3) is 0 Å². The van der Waals surface area contributed by atoms with E-state index in [0.717, 1.165) is 26.1 Å². The highest BCUT2D eigenvalue weighted by Crippen LogP contribution is 2.24. The maximum atomic E-state index is 12.2. The van der Waals surface area contributed by atoms with Gasteiger partial charge in [-0.2, -0.15) is 16.4 Å². The van der Waals surface area contributed by atoms with Crippen molar-refractivity contribution in [2.75, 3.05) is 13.1 Å². The third kappa shape index (κ3) is 3.84. The van der Waals surface area contributed by atoms with E-state index in [0.29, 0.717) is 12.1 Å². The molecule has 0 fully saturated rings. The number of aromatic nitrogens is 3. The molecule has 3 aromatic rings. The molecule has 7 heteroatoms. The molecule has 3 aromatic heterocycles. The fraction of sp³-hybridized carbons (Fsp3) is 0.316. The van der Waals surface area contributed by atoms with E-state index in [1.807, 2.05) is 6.20 Å². The van der Waals surface area contributed by atoms with Crippen LogP contribution in [0.15, 0.2) is 53.6 Å². The van der Waals surface area contributed by atoms with Crippen LogP contribution in [-0.2, 0) is 13.1 Å². The summed E-state index contributed by atoms with van der Waals surface area (Å²) in [5.41, 5.74) is 3.18. The van der Waals surface area contributed by atoms with Crippen LogP contribution in [0, 0.1) is 0 Å². The molecule has 0 bridgehead atoms. The molecule has 6 nitrogen and oxygen atoms in total. The van der Waals surface area contributed by atoms with Crippen molar-refractivity contribution in [3.63, 3.8) is 0 Å². The Bertz CT molecular complexity index is 846. The number of nitrogens with zero attached hydrogens (tertiary/aromatic N) is 4. The number of hydrogen-bond acceptors (Lipinski definition) is 5. The number of carbonyl (C=O) groups is 1. The highest BCUT2D eigenvalue weighted by molar-refractivity contribution is 7.07. The number of nitrogens with one attached hydrogen (secondary N) is 1. The molecule has 1 N–H and O–H groups in total. The highest BCUT2D eigenvalue weighted by atomic mass is 32.1. The van der Waals surface area contributed by atoms with E-state index in [1.54, 1.807) is 35.9 Å². The molecule has 1 aliphatic heterocycles. The number of amides is 1. The lowest BCUT2D eigenvalue weighted by atomic mass is 10.1. The van der Waals surface area contributed by atoms with Crippen LogP contribution in [0.3, 0.4) is 0 Å². The van der Waals surface area contributed by atoms with Gasteiger partial charge in [0.15, 0.2) is 0 Å². The summed E-state index contributed by atoms with van der Waals surface area (Å²) < 4.78 is 2.11. The lowest BCUT2D eigenvalue weighted by Gasteiger charge is -2.33. The second-order valence-electron chi connectivity index (χ2n) is 6.51. The molecular formula is C19H21N5OS. The summed E-state index contributed by atoms with van der Waals surface area (Å²) in [6.45, 7) is 3.42. The van der Waals surface area contributed by atoms with E-state index in [2.05, 4.69) is 47.9 Å². The van der Waals surface area contributed by atoms with Gasteiger partial charge in [0, 0.05) is 44.8 Å². The van der Waals surface area contributed by atoms with Crippen LogP contribution < -0.4 is 5.32 Å². The highest BCUT2D eigenvalue weighted by Gasteiger charge is 2.25. The Morgan fingerprint density at radius 3 is 3.08 bits per heavy atom. The van der Waals surface area contributed by atoms with Gasteiger partial charge < -0.3 is 5.32 Å². The third-order valence-electron chi connectivity index (χ3n) is 4.63. The molecule has 0 spiro atoms.